The summed E-state index contributed by atoms with van der Waals surface area (Å²) in [4.78, 5) is 24.8. The van der Waals surface area contributed by atoms with Gasteiger partial charge in [0, 0.05) is 17.8 Å². The molecule has 1 aromatic heterocycles. The van der Waals surface area contributed by atoms with Gasteiger partial charge in [0.25, 0.3) is 0 Å². The molecule has 1 heterocycles. The van der Waals surface area contributed by atoms with Crippen LogP contribution in [0.5, 0.6) is 11.5 Å². The molecule has 2 aromatic rings. The van der Waals surface area contributed by atoms with Crippen LogP contribution in [0.3, 0.4) is 0 Å². The van der Waals surface area contributed by atoms with Crippen LogP contribution in [0.25, 0.3) is 0 Å². The molecule has 0 saturated carbocycles. The zero-order valence-electron chi connectivity index (χ0n) is 10.1. The normalized spacial score (nSPS) is 9.95. The molecule has 6 nitrogen and oxygen atoms in total. The van der Waals surface area contributed by atoms with Crippen LogP contribution < -0.4 is 4.74 Å². The highest BCUT2D eigenvalue weighted by Gasteiger charge is 2.15. The van der Waals surface area contributed by atoms with Crippen LogP contribution in [-0.2, 0) is 0 Å². The number of aldehydes is 1. The van der Waals surface area contributed by atoms with Crippen LogP contribution in [0.1, 0.15) is 15.9 Å². The highest BCUT2D eigenvalue weighted by Crippen LogP contribution is 2.31. The smallest absolute Gasteiger partial charge is 0.311 e. The second-order valence-electron chi connectivity index (χ2n) is 3.90. The molecular formula is C13H10N2O4. The summed E-state index contributed by atoms with van der Waals surface area (Å²) in [7, 11) is 0. The fourth-order valence-corrected chi connectivity index (χ4v) is 1.54. The van der Waals surface area contributed by atoms with Crippen LogP contribution in [0.15, 0.2) is 36.7 Å². The van der Waals surface area contributed by atoms with E-state index in [1.54, 1.807) is 19.1 Å². The molecule has 0 atom stereocenters. The first-order chi connectivity index (χ1) is 9.10. The number of hydrogen-bond donors (Lipinski definition) is 0. The van der Waals surface area contributed by atoms with E-state index < -0.39 is 4.92 Å². The molecule has 0 aliphatic carbocycles. The Morgan fingerprint density at radius 3 is 2.79 bits per heavy atom. The number of carbonyl (C=O) groups excluding carboxylic acids is 1. The van der Waals surface area contributed by atoms with E-state index in [0.29, 0.717) is 11.8 Å². The zero-order valence-corrected chi connectivity index (χ0v) is 10.1. The van der Waals surface area contributed by atoms with Crippen molar-refractivity contribution in [3.8, 4) is 11.5 Å². The fourth-order valence-electron chi connectivity index (χ4n) is 1.54. The van der Waals surface area contributed by atoms with Crippen molar-refractivity contribution in [3.63, 3.8) is 0 Å². The summed E-state index contributed by atoms with van der Waals surface area (Å²) < 4.78 is 5.43. The van der Waals surface area contributed by atoms with Gasteiger partial charge in [-0.3, -0.25) is 19.9 Å². The van der Waals surface area contributed by atoms with Gasteiger partial charge in [0.2, 0.25) is 5.75 Å². The van der Waals surface area contributed by atoms with E-state index in [1.807, 2.05) is 0 Å². The van der Waals surface area contributed by atoms with E-state index in [-0.39, 0.29) is 17.2 Å². The third-order valence-electron chi connectivity index (χ3n) is 2.41. The fraction of sp³-hybridized carbons (Fsp3) is 0.0769. The molecule has 96 valence electrons. The molecule has 0 spiro atoms. The molecule has 0 fully saturated rings. The largest absolute Gasteiger partial charge is 0.448 e. The molecule has 0 amide bonds. The Bertz CT molecular complexity index is 640. The Labute approximate surface area is 108 Å². The average Bonchev–Trinajstić information content (AvgIpc) is 2.38. The number of benzene rings is 1. The van der Waals surface area contributed by atoms with Gasteiger partial charge in [0.15, 0.2) is 6.29 Å². The summed E-state index contributed by atoms with van der Waals surface area (Å²) in [5, 5.41) is 10.9. The summed E-state index contributed by atoms with van der Waals surface area (Å²) >= 11 is 0. The first-order valence-corrected chi connectivity index (χ1v) is 5.43. The van der Waals surface area contributed by atoms with E-state index in [1.165, 1.54) is 24.5 Å². The molecule has 19 heavy (non-hydrogen) atoms. The van der Waals surface area contributed by atoms with Crippen LogP contribution in [0.4, 0.5) is 5.69 Å². The van der Waals surface area contributed by atoms with Gasteiger partial charge >= 0.3 is 5.69 Å². The average molecular weight is 258 g/mol. The minimum absolute atomic E-state index is 0.120. The molecule has 2 rings (SSSR count). The number of nitro benzene ring substituents is 1. The number of pyridine rings is 1. The lowest BCUT2D eigenvalue weighted by molar-refractivity contribution is -0.385. The highest BCUT2D eigenvalue weighted by molar-refractivity contribution is 5.74. The maximum absolute atomic E-state index is 10.9. The quantitative estimate of drug-likeness (QED) is 0.478. The first kappa shape index (κ1) is 12.7. The van der Waals surface area contributed by atoms with Crippen LogP contribution in [0, 0.1) is 17.0 Å². The Morgan fingerprint density at radius 2 is 2.11 bits per heavy atom. The minimum atomic E-state index is -0.522. The number of aryl methyl sites for hydroxylation is 1. The molecule has 0 unspecified atom stereocenters. The monoisotopic (exact) mass is 258 g/mol. The molecule has 0 bridgehead atoms. The Morgan fingerprint density at radius 1 is 1.32 bits per heavy atom. The number of ether oxygens (including phenoxy) is 1. The number of carbonyl (C=O) groups is 1. The number of aromatic nitrogens is 1. The van der Waals surface area contributed by atoms with Crippen molar-refractivity contribution in [2.24, 2.45) is 0 Å². The molecule has 0 saturated heterocycles. The molecular weight excluding hydrogens is 248 g/mol. The maximum atomic E-state index is 10.9. The predicted molar refractivity (Wildman–Crippen MR) is 67.5 cm³/mol. The standard InChI is InChI=1S/C13H10N2O4/c1-9-2-3-12(15(17)18)13(4-9)19-11-5-10(8-16)6-14-7-11/h2-8H,1H3. The molecule has 0 aliphatic rings. The van der Waals surface area contributed by atoms with Gasteiger partial charge in [0.1, 0.15) is 5.75 Å². The summed E-state index contributed by atoms with van der Waals surface area (Å²) in [5.74, 6) is 0.396. The van der Waals surface area contributed by atoms with E-state index in [2.05, 4.69) is 4.98 Å². The predicted octanol–water partition coefficient (Wildman–Crippen LogP) is 2.90. The van der Waals surface area contributed by atoms with Crippen molar-refractivity contribution in [3.05, 3.63) is 57.9 Å². The van der Waals surface area contributed by atoms with Crippen molar-refractivity contribution in [2.45, 2.75) is 6.92 Å². The maximum Gasteiger partial charge on any atom is 0.311 e. The Balaban J connectivity index is 2.39. The minimum Gasteiger partial charge on any atom is -0.448 e. The third-order valence-corrected chi connectivity index (χ3v) is 2.41. The summed E-state index contributed by atoms with van der Waals surface area (Å²) in [5.41, 5.74) is 1.04. The van der Waals surface area contributed by atoms with Gasteiger partial charge in [-0.05, 0) is 24.6 Å². The summed E-state index contributed by atoms with van der Waals surface area (Å²) in [6.45, 7) is 1.80. The third kappa shape index (κ3) is 2.92. The summed E-state index contributed by atoms with van der Waals surface area (Å²) in [6, 6.07) is 6.03. The lowest BCUT2D eigenvalue weighted by atomic mass is 10.2. The van der Waals surface area contributed by atoms with Gasteiger partial charge in [-0.25, -0.2) is 0 Å². The lowest BCUT2D eigenvalue weighted by Gasteiger charge is -2.07. The molecule has 0 radical (unpaired) electrons. The number of hydrogen-bond acceptors (Lipinski definition) is 5. The van der Waals surface area contributed by atoms with E-state index in [4.69, 9.17) is 4.74 Å². The van der Waals surface area contributed by atoms with Gasteiger partial charge in [-0.1, -0.05) is 6.07 Å². The SMILES string of the molecule is Cc1ccc([N+](=O)[O-])c(Oc2cncc(C=O)c2)c1. The molecule has 0 N–H and O–H groups in total. The zero-order chi connectivity index (χ0) is 13.8. The lowest BCUT2D eigenvalue weighted by Crippen LogP contribution is -1.95. The second kappa shape index (κ2) is 5.26. The van der Waals surface area contributed by atoms with Crippen LogP contribution >= 0.6 is 0 Å². The molecule has 0 aliphatic heterocycles. The van der Waals surface area contributed by atoms with Crippen LogP contribution in [0.2, 0.25) is 0 Å². The number of nitro groups is 1. The highest BCUT2D eigenvalue weighted by atomic mass is 16.6. The molecule has 6 heteroatoms. The molecule has 1 aromatic carbocycles. The van der Waals surface area contributed by atoms with Gasteiger partial charge in [0.05, 0.1) is 11.1 Å². The van der Waals surface area contributed by atoms with Crippen LogP contribution in [-0.4, -0.2) is 16.2 Å². The van der Waals surface area contributed by atoms with E-state index in [9.17, 15) is 14.9 Å². The Hall–Kier alpha value is -2.76. The topological polar surface area (TPSA) is 82.3 Å². The first-order valence-electron chi connectivity index (χ1n) is 5.43. The van der Waals surface area contributed by atoms with Crippen molar-refractivity contribution >= 4 is 12.0 Å². The van der Waals surface area contributed by atoms with Crippen molar-refractivity contribution < 1.29 is 14.5 Å². The van der Waals surface area contributed by atoms with Gasteiger partial charge in [-0.15, -0.1) is 0 Å². The van der Waals surface area contributed by atoms with E-state index >= 15 is 0 Å². The van der Waals surface area contributed by atoms with Gasteiger partial charge < -0.3 is 4.74 Å². The number of nitrogens with zero attached hydrogens (tertiary/aromatic N) is 2. The number of rotatable bonds is 4. The second-order valence-corrected chi connectivity index (χ2v) is 3.90. The Kier molecular flexibility index (Phi) is 3.51. The van der Waals surface area contributed by atoms with Crippen molar-refractivity contribution in [1.82, 2.24) is 4.98 Å². The van der Waals surface area contributed by atoms with Crippen molar-refractivity contribution in [1.29, 1.82) is 0 Å². The van der Waals surface area contributed by atoms with Gasteiger partial charge in [-0.2, -0.15) is 0 Å². The summed E-state index contributed by atoms with van der Waals surface area (Å²) in [6.07, 6.45) is 3.40. The van der Waals surface area contributed by atoms with E-state index in [0.717, 1.165) is 5.56 Å². The van der Waals surface area contributed by atoms with Crippen molar-refractivity contribution in [2.75, 3.05) is 0 Å².